The van der Waals surface area contributed by atoms with Crippen molar-refractivity contribution in [2.75, 3.05) is 36.0 Å². The highest BCUT2D eigenvalue weighted by molar-refractivity contribution is 5.78. The molecule has 10 rings (SSSR count). The van der Waals surface area contributed by atoms with Crippen molar-refractivity contribution in [3.05, 3.63) is 82.4 Å². The summed E-state index contributed by atoms with van der Waals surface area (Å²) in [5, 5.41) is 6.89. The zero-order valence-electron chi connectivity index (χ0n) is 31.2. The largest absolute Gasteiger partial charge is 0.367 e. The van der Waals surface area contributed by atoms with E-state index in [2.05, 4.69) is 20.6 Å². The number of anilines is 2. The number of hydrogen-bond donors (Lipinski definition) is 4. The molecule has 1 saturated carbocycles. The maximum absolute atomic E-state index is 16.4. The molecule has 0 radical (unpaired) electrons. The molecule has 6 heterocycles. The van der Waals surface area contributed by atoms with Crippen molar-refractivity contribution < 1.29 is 17.6 Å². The number of nitrogens with zero attached hydrogens (tertiary/aromatic N) is 4. The zero-order chi connectivity index (χ0) is 37.2. The Bertz CT molecular complexity index is 2060. The van der Waals surface area contributed by atoms with Gasteiger partial charge in [-0.1, -0.05) is 32.1 Å². The molecule has 290 valence electrons. The average Bonchev–Trinajstić information content (AvgIpc) is 4.04. The minimum atomic E-state index is -0.646. The van der Waals surface area contributed by atoms with Crippen LogP contribution in [0, 0.1) is 35.1 Å². The smallest absolute Gasteiger partial charge is 0.151 e. The monoisotopic (exact) mass is 754 g/mol. The lowest BCUT2D eigenvalue weighted by Crippen LogP contribution is -2.37. The van der Waals surface area contributed by atoms with Gasteiger partial charge in [-0.3, -0.25) is 0 Å². The molecule has 4 atom stereocenters. The Labute approximate surface area is 318 Å². The van der Waals surface area contributed by atoms with Gasteiger partial charge in [-0.05, 0) is 101 Å². The van der Waals surface area contributed by atoms with Crippen molar-refractivity contribution in [3.8, 4) is 0 Å². The molecule has 0 amide bonds. The summed E-state index contributed by atoms with van der Waals surface area (Å²) in [7, 11) is 0. The molecule has 5 fully saturated rings. The molecule has 4 N–H and O–H groups in total. The van der Waals surface area contributed by atoms with E-state index in [0.29, 0.717) is 65.0 Å². The lowest BCUT2D eigenvalue weighted by molar-refractivity contribution is 0.212. The van der Waals surface area contributed by atoms with Crippen LogP contribution in [0.5, 0.6) is 0 Å². The molecule has 3 aromatic carbocycles. The molecule has 0 bridgehead atoms. The molecule has 5 aliphatic rings. The van der Waals surface area contributed by atoms with Crippen LogP contribution in [0.15, 0.2) is 36.4 Å². The van der Waals surface area contributed by atoms with Crippen molar-refractivity contribution >= 4 is 33.4 Å². The summed E-state index contributed by atoms with van der Waals surface area (Å²) in [6, 6.07) is 8.15. The number of H-pyrrole nitrogens is 2. The normalized spacial score (nSPS) is 25.7. The molecule has 4 saturated heterocycles. The van der Waals surface area contributed by atoms with E-state index in [1.807, 2.05) is 9.80 Å². The van der Waals surface area contributed by atoms with Gasteiger partial charge in [0.25, 0.3) is 0 Å². The number of aromatic nitrogens is 4. The summed E-state index contributed by atoms with van der Waals surface area (Å²) in [5.41, 5.74) is 3.49. The Hall–Kier alpha value is -4.16. The molecule has 0 spiro atoms. The molecule has 8 nitrogen and oxygen atoms in total. The van der Waals surface area contributed by atoms with Gasteiger partial charge in [0.1, 0.15) is 29.0 Å². The molecule has 12 heteroatoms. The number of imidazole rings is 2. The Morgan fingerprint density at radius 1 is 0.527 bits per heavy atom. The lowest BCUT2D eigenvalue weighted by atomic mass is 9.76. The van der Waals surface area contributed by atoms with Crippen LogP contribution in [-0.2, 0) is 0 Å². The van der Waals surface area contributed by atoms with Crippen molar-refractivity contribution in [1.29, 1.82) is 0 Å². The fourth-order valence-electron chi connectivity index (χ4n) is 10.8. The first-order valence-corrected chi connectivity index (χ1v) is 20.7. The van der Waals surface area contributed by atoms with E-state index >= 15 is 17.6 Å². The fourth-order valence-corrected chi connectivity index (χ4v) is 10.8. The first-order chi connectivity index (χ1) is 26.9. The molecule has 2 aromatic heterocycles. The quantitative estimate of drug-likeness (QED) is 0.124. The van der Waals surface area contributed by atoms with Gasteiger partial charge in [0.15, 0.2) is 11.6 Å². The van der Waals surface area contributed by atoms with Crippen LogP contribution >= 0.6 is 0 Å². The second-order valence-electron chi connectivity index (χ2n) is 16.8. The Balaban J connectivity index is 1.01. The maximum Gasteiger partial charge on any atom is 0.151 e. The van der Waals surface area contributed by atoms with Crippen LogP contribution in [0.3, 0.4) is 0 Å². The van der Waals surface area contributed by atoms with Gasteiger partial charge in [-0.2, -0.15) is 0 Å². The standard InChI is InChI=1S/C43H50F4N8/c44-29-22-37-35(50-42(52-37)33-8-4-14-48-33)20-27(29)39-10-11-40(28-21-36-38(23-30(28)45)53-43(51-36)34-9-5-15-49-34)55(39)26-18-31(46)41(32(47)19-26)54-16-12-25(13-17-54)24-6-2-1-3-7-24/h18-25,33-34,39-40,48-49H,1-17H2,(H,50,52)(H,51,53)/t33-,34-,39-,40+/m0/s1. The van der Waals surface area contributed by atoms with Gasteiger partial charge < -0.3 is 30.4 Å². The number of nitrogens with one attached hydrogen (secondary N) is 4. The van der Waals surface area contributed by atoms with Crippen LogP contribution in [-0.4, -0.2) is 46.1 Å². The number of hydrogen-bond acceptors (Lipinski definition) is 6. The molecule has 4 aliphatic heterocycles. The summed E-state index contributed by atoms with van der Waals surface area (Å²) in [5.74, 6) is 0.683. The summed E-state index contributed by atoms with van der Waals surface area (Å²) in [6.07, 6.45) is 13.2. The van der Waals surface area contributed by atoms with Crippen molar-refractivity contribution in [2.45, 2.75) is 108 Å². The van der Waals surface area contributed by atoms with Crippen molar-refractivity contribution in [1.82, 2.24) is 30.6 Å². The van der Waals surface area contributed by atoms with E-state index in [0.717, 1.165) is 69.2 Å². The van der Waals surface area contributed by atoms with Gasteiger partial charge in [-0.25, -0.2) is 27.5 Å². The minimum absolute atomic E-state index is 0.00522. The molecule has 0 unspecified atom stereocenters. The number of halogens is 4. The SMILES string of the molecule is Fc1cc2nc([C@@H]3CCCN3)[nH]c2cc1[C@H]1CC[C@@H](c2cc3[nH]c([C@@H]4CCCN4)nc3cc2F)N1c1cc(F)c(N2CCC(C3CCCCC3)CC2)c(F)c1. The van der Waals surface area contributed by atoms with Gasteiger partial charge in [0.05, 0.1) is 46.2 Å². The van der Waals surface area contributed by atoms with Crippen molar-refractivity contribution in [2.24, 2.45) is 11.8 Å². The minimum Gasteiger partial charge on any atom is -0.367 e. The topological polar surface area (TPSA) is 87.9 Å². The Morgan fingerprint density at radius 2 is 1.04 bits per heavy atom. The van der Waals surface area contributed by atoms with E-state index < -0.39 is 35.4 Å². The second kappa shape index (κ2) is 14.4. The summed E-state index contributed by atoms with van der Waals surface area (Å²) >= 11 is 0. The highest BCUT2D eigenvalue weighted by atomic mass is 19.1. The number of rotatable bonds is 7. The van der Waals surface area contributed by atoms with E-state index in [4.69, 9.17) is 9.97 Å². The Morgan fingerprint density at radius 3 is 1.53 bits per heavy atom. The highest BCUT2D eigenvalue weighted by Crippen LogP contribution is 2.50. The number of benzene rings is 3. The predicted octanol–water partition coefficient (Wildman–Crippen LogP) is 9.72. The van der Waals surface area contributed by atoms with Crippen LogP contribution in [0.4, 0.5) is 28.9 Å². The maximum atomic E-state index is 16.4. The van der Waals surface area contributed by atoms with Crippen LogP contribution in [0.1, 0.15) is 130 Å². The van der Waals surface area contributed by atoms with Crippen LogP contribution in [0.25, 0.3) is 22.1 Å². The van der Waals surface area contributed by atoms with Crippen LogP contribution < -0.4 is 20.4 Å². The highest BCUT2D eigenvalue weighted by Gasteiger charge is 2.40. The molecule has 5 aromatic rings. The predicted molar refractivity (Wildman–Crippen MR) is 207 cm³/mol. The van der Waals surface area contributed by atoms with E-state index in [1.54, 1.807) is 12.1 Å². The number of piperidine rings is 1. The van der Waals surface area contributed by atoms with Crippen LogP contribution in [0.2, 0.25) is 0 Å². The molecular weight excluding hydrogens is 705 g/mol. The third-order valence-electron chi connectivity index (χ3n) is 13.6. The second-order valence-corrected chi connectivity index (χ2v) is 16.8. The third-order valence-corrected chi connectivity index (χ3v) is 13.6. The van der Waals surface area contributed by atoms with E-state index in [1.165, 1.54) is 56.4 Å². The fraction of sp³-hybridized carbons (Fsp3) is 0.535. The first-order valence-electron chi connectivity index (χ1n) is 20.7. The zero-order valence-corrected chi connectivity index (χ0v) is 31.2. The lowest BCUT2D eigenvalue weighted by Gasteiger charge is -2.39. The van der Waals surface area contributed by atoms with Gasteiger partial charge >= 0.3 is 0 Å². The van der Waals surface area contributed by atoms with Gasteiger partial charge in [-0.15, -0.1) is 0 Å². The molecule has 55 heavy (non-hydrogen) atoms. The number of aromatic amines is 2. The molecular formula is C43H50F4N8. The number of fused-ring (bicyclic) bond motifs is 2. The van der Waals surface area contributed by atoms with Gasteiger partial charge in [0.2, 0.25) is 0 Å². The van der Waals surface area contributed by atoms with Gasteiger partial charge in [0, 0.05) is 42.0 Å². The van der Waals surface area contributed by atoms with E-state index in [-0.39, 0.29) is 23.5 Å². The average molecular weight is 755 g/mol. The summed E-state index contributed by atoms with van der Waals surface area (Å²) < 4.78 is 65.5. The van der Waals surface area contributed by atoms with E-state index in [9.17, 15) is 0 Å². The summed E-state index contributed by atoms with van der Waals surface area (Å²) in [4.78, 5) is 19.9. The Kier molecular flexibility index (Phi) is 9.24. The van der Waals surface area contributed by atoms with Crippen molar-refractivity contribution in [3.63, 3.8) is 0 Å². The summed E-state index contributed by atoms with van der Waals surface area (Å²) in [6.45, 7) is 3.05. The first kappa shape index (κ1) is 35.3. The molecule has 1 aliphatic carbocycles. The third kappa shape index (κ3) is 6.46.